The number of aromatic nitrogens is 2. The van der Waals surface area contributed by atoms with E-state index in [1.807, 2.05) is 18.3 Å². The molecule has 27 heavy (non-hydrogen) atoms. The van der Waals surface area contributed by atoms with Crippen molar-refractivity contribution in [3.63, 3.8) is 0 Å². The molecule has 0 bridgehead atoms. The maximum Gasteiger partial charge on any atom is 0.175 e. The summed E-state index contributed by atoms with van der Waals surface area (Å²) in [5.74, 6) is 1.57. The molecule has 0 aliphatic rings. The van der Waals surface area contributed by atoms with Crippen molar-refractivity contribution in [2.75, 3.05) is 30.5 Å². The molecule has 0 saturated carbocycles. The van der Waals surface area contributed by atoms with Crippen molar-refractivity contribution in [1.29, 1.82) is 0 Å². The van der Waals surface area contributed by atoms with E-state index in [-0.39, 0.29) is 4.90 Å². The van der Waals surface area contributed by atoms with Crippen LogP contribution in [0.2, 0.25) is 0 Å². The summed E-state index contributed by atoms with van der Waals surface area (Å²) in [6.45, 7) is 5.14. The monoisotopic (exact) mass is 388 g/mol. The smallest absolute Gasteiger partial charge is 0.175 e. The number of ether oxygens (including phenoxy) is 1. The zero-order chi connectivity index (χ0) is 19.6. The van der Waals surface area contributed by atoms with Crippen LogP contribution in [0, 0.1) is 5.92 Å². The van der Waals surface area contributed by atoms with Gasteiger partial charge < -0.3 is 20.4 Å². The molecular weight excluding hydrogens is 364 g/mol. The Morgan fingerprint density at radius 1 is 1.19 bits per heavy atom. The summed E-state index contributed by atoms with van der Waals surface area (Å²) in [6, 6.07) is 8.64. The third-order valence-electron chi connectivity index (χ3n) is 4.09. The van der Waals surface area contributed by atoms with Gasteiger partial charge in [0.05, 0.1) is 17.7 Å². The first-order valence-electron chi connectivity index (χ1n) is 8.65. The quantitative estimate of drug-likeness (QED) is 0.570. The van der Waals surface area contributed by atoms with Crippen molar-refractivity contribution in [1.82, 2.24) is 9.97 Å². The maximum absolute atomic E-state index is 11.8. The summed E-state index contributed by atoms with van der Waals surface area (Å²) >= 11 is 0. The largest absolute Gasteiger partial charge is 0.495 e. The van der Waals surface area contributed by atoms with Crippen LogP contribution in [0.5, 0.6) is 5.75 Å². The predicted molar refractivity (Wildman–Crippen MR) is 109 cm³/mol. The molecule has 0 spiro atoms. The fourth-order valence-electron chi connectivity index (χ4n) is 2.71. The SMILES string of the molecule is COc1cc(S(C)(=O)=O)ccc1Nc1cc(NCC(C)C)c2cc[nH]c2n1. The Labute approximate surface area is 159 Å². The maximum atomic E-state index is 11.8. The molecule has 0 amide bonds. The van der Waals surface area contributed by atoms with E-state index in [1.165, 1.54) is 19.4 Å². The molecule has 0 saturated heterocycles. The Balaban J connectivity index is 1.96. The topological polar surface area (TPSA) is 96.1 Å². The first kappa shape index (κ1) is 19.0. The minimum Gasteiger partial charge on any atom is -0.495 e. The van der Waals surface area contributed by atoms with E-state index < -0.39 is 9.84 Å². The molecule has 2 heterocycles. The molecule has 144 valence electrons. The Kier molecular flexibility index (Phi) is 5.27. The summed E-state index contributed by atoms with van der Waals surface area (Å²) in [5.41, 5.74) is 2.38. The fraction of sp³-hybridized carbons (Fsp3) is 0.316. The zero-order valence-electron chi connectivity index (χ0n) is 15.8. The average Bonchev–Trinajstić information content (AvgIpc) is 3.07. The van der Waals surface area contributed by atoms with E-state index >= 15 is 0 Å². The summed E-state index contributed by atoms with van der Waals surface area (Å²) in [7, 11) is -1.80. The van der Waals surface area contributed by atoms with E-state index in [0.29, 0.717) is 23.2 Å². The Hall–Kier alpha value is -2.74. The van der Waals surface area contributed by atoms with Gasteiger partial charge in [-0.3, -0.25) is 0 Å². The van der Waals surface area contributed by atoms with Crippen molar-refractivity contribution in [2.24, 2.45) is 5.92 Å². The van der Waals surface area contributed by atoms with Crippen molar-refractivity contribution in [2.45, 2.75) is 18.7 Å². The highest BCUT2D eigenvalue weighted by Gasteiger charge is 2.13. The fourth-order valence-corrected chi connectivity index (χ4v) is 3.34. The lowest BCUT2D eigenvalue weighted by Crippen LogP contribution is -2.09. The van der Waals surface area contributed by atoms with Gasteiger partial charge in [0.2, 0.25) is 0 Å². The van der Waals surface area contributed by atoms with Crippen LogP contribution in [0.25, 0.3) is 11.0 Å². The van der Waals surface area contributed by atoms with Crippen LogP contribution in [-0.2, 0) is 9.84 Å². The average molecular weight is 388 g/mol. The van der Waals surface area contributed by atoms with E-state index in [4.69, 9.17) is 4.74 Å². The highest BCUT2D eigenvalue weighted by Crippen LogP contribution is 2.32. The third-order valence-corrected chi connectivity index (χ3v) is 5.20. The van der Waals surface area contributed by atoms with Gasteiger partial charge in [0, 0.05) is 42.2 Å². The number of nitrogens with one attached hydrogen (secondary N) is 3. The summed E-state index contributed by atoms with van der Waals surface area (Å²) in [6.07, 6.45) is 3.02. The van der Waals surface area contributed by atoms with E-state index in [9.17, 15) is 8.42 Å². The van der Waals surface area contributed by atoms with E-state index in [2.05, 4.69) is 34.4 Å². The summed E-state index contributed by atoms with van der Waals surface area (Å²) < 4.78 is 28.9. The second kappa shape index (κ2) is 7.48. The Morgan fingerprint density at radius 2 is 1.96 bits per heavy atom. The number of nitrogens with zero attached hydrogens (tertiary/aromatic N) is 1. The molecule has 3 N–H and O–H groups in total. The lowest BCUT2D eigenvalue weighted by Gasteiger charge is -2.14. The summed E-state index contributed by atoms with van der Waals surface area (Å²) in [4.78, 5) is 7.92. The molecule has 3 aromatic rings. The van der Waals surface area contributed by atoms with Gasteiger partial charge in [-0.15, -0.1) is 0 Å². The summed E-state index contributed by atoms with van der Waals surface area (Å²) in [5, 5.41) is 7.68. The van der Waals surface area contributed by atoms with Gasteiger partial charge in [-0.2, -0.15) is 0 Å². The number of H-pyrrole nitrogens is 1. The number of rotatable bonds is 7. The van der Waals surface area contributed by atoms with Gasteiger partial charge in [-0.25, -0.2) is 13.4 Å². The molecule has 0 atom stereocenters. The number of methoxy groups -OCH3 is 1. The lowest BCUT2D eigenvalue weighted by molar-refractivity contribution is 0.415. The van der Waals surface area contributed by atoms with Crippen LogP contribution in [0.3, 0.4) is 0 Å². The molecule has 0 aliphatic heterocycles. The number of hydrogen-bond donors (Lipinski definition) is 3. The highest BCUT2D eigenvalue weighted by molar-refractivity contribution is 7.90. The van der Waals surface area contributed by atoms with Gasteiger partial charge in [0.25, 0.3) is 0 Å². The van der Waals surface area contributed by atoms with Crippen molar-refractivity contribution in [3.8, 4) is 5.75 Å². The molecular formula is C19H24N4O3S. The van der Waals surface area contributed by atoms with Crippen molar-refractivity contribution < 1.29 is 13.2 Å². The van der Waals surface area contributed by atoms with Crippen LogP contribution in [0.15, 0.2) is 41.4 Å². The lowest BCUT2D eigenvalue weighted by atomic mass is 10.2. The normalized spacial score (nSPS) is 11.7. The predicted octanol–water partition coefficient (Wildman–Crippen LogP) is 3.79. The van der Waals surface area contributed by atoms with Gasteiger partial charge in [-0.1, -0.05) is 13.8 Å². The molecule has 0 fully saturated rings. The second-order valence-corrected chi connectivity index (χ2v) is 8.84. The first-order valence-corrected chi connectivity index (χ1v) is 10.5. The van der Waals surface area contributed by atoms with Crippen LogP contribution in [0.4, 0.5) is 17.2 Å². The molecule has 2 aromatic heterocycles. The van der Waals surface area contributed by atoms with Gasteiger partial charge in [-0.05, 0) is 24.1 Å². The van der Waals surface area contributed by atoms with E-state index in [1.54, 1.807) is 12.1 Å². The molecule has 3 rings (SSSR count). The van der Waals surface area contributed by atoms with Crippen LogP contribution in [0.1, 0.15) is 13.8 Å². The number of benzene rings is 1. The highest BCUT2D eigenvalue weighted by atomic mass is 32.2. The molecule has 0 radical (unpaired) electrons. The van der Waals surface area contributed by atoms with Gasteiger partial charge in [0.1, 0.15) is 17.2 Å². The zero-order valence-corrected chi connectivity index (χ0v) is 16.6. The van der Waals surface area contributed by atoms with Crippen LogP contribution < -0.4 is 15.4 Å². The first-order chi connectivity index (χ1) is 12.8. The number of sulfone groups is 1. The number of anilines is 3. The second-order valence-electron chi connectivity index (χ2n) is 6.83. The van der Waals surface area contributed by atoms with E-state index in [0.717, 1.165) is 23.3 Å². The Morgan fingerprint density at radius 3 is 2.63 bits per heavy atom. The van der Waals surface area contributed by atoms with Crippen molar-refractivity contribution in [3.05, 3.63) is 36.5 Å². The minimum absolute atomic E-state index is 0.206. The number of hydrogen-bond acceptors (Lipinski definition) is 6. The molecule has 0 aliphatic carbocycles. The number of pyridine rings is 1. The minimum atomic E-state index is -3.31. The molecule has 7 nitrogen and oxygen atoms in total. The number of fused-ring (bicyclic) bond motifs is 1. The third kappa shape index (κ3) is 4.33. The molecule has 8 heteroatoms. The standard InChI is InChI=1S/C19H24N4O3S/c1-12(2)11-21-16-10-18(23-19-14(16)7-8-20-19)22-15-6-5-13(27(4,24)25)9-17(15)26-3/h5-10,12H,11H2,1-4H3,(H3,20,21,22,23). The van der Waals surface area contributed by atoms with Crippen LogP contribution in [-0.4, -0.2) is 38.3 Å². The van der Waals surface area contributed by atoms with Crippen molar-refractivity contribution >= 4 is 38.1 Å². The molecule has 0 unspecified atom stereocenters. The van der Waals surface area contributed by atoms with Crippen LogP contribution >= 0.6 is 0 Å². The Bertz CT molecular complexity index is 1060. The molecule has 1 aromatic carbocycles. The number of aromatic amines is 1. The van der Waals surface area contributed by atoms with Gasteiger partial charge >= 0.3 is 0 Å². The van der Waals surface area contributed by atoms with Gasteiger partial charge in [0.15, 0.2) is 9.84 Å².